The van der Waals surface area contributed by atoms with E-state index in [1.165, 1.54) is 11.3 Å². The summed E-state index contributed by atoms with van der Waals surface area (Å²) in [6, 6.07) is 1.67. The number of carbonyl (C=O) groups is 1. The summed E-state index contributed by atoms with van der Waals surface area (Å²) in [5, 5.41) is 10.6. The summed E-state index contributed by atoms with van der Waals surface area (Å²) in [6.07, 6.45) is 2.29. The van der Waals surface area contributed by atoms with Gasteiger partial charge < -0.3 is 5.11 Å². The van der Waals surface area contributed by atoms with Crippen LogP contribution in [0.3, 0.4) is 0 Å². The summed E-state index contributed by atoms with van der Waals surface area (Å²) < 4.78 is 0.931. The minimum Gasteiger partial charge on any atom is -0.478 e. The zero-order valence-corrected chi connectivity index (χ0v) is 9.08. The molecule has 1 aromatic heterocycles. The van der Waals surface area contributed by atoms with Crippen molar-refractivity contribution >= 4 is 29.1 Å². The second kappa shape index (κ2) is 5.29. The molecule has 0 bridgehead atoms. The van der Waals surface area contributed by atoms with Gasteiger partial charge in [-0.2, -0.15) is 0 Å². The Morgan fingerprint density at radius 3 is 3.08 bits per heavy atom. The van der Waals surface area contributed by atoms with Crippen molar-refractivity contribution in [3.8, 4) is 0 Å². The van der Waals surface area contributed by atoms with Crippen LogP contribution in [0.5, 0.6) is 0 Å². The van der Waals surface area contributed by atoms with E-state index < -0.39 is 5.97 Å². The monoisotopic (exact) mass is 216 g/mol. The van der Waals surface area contributed by atoms with E-state index in [0.29, 0.717) is 5.56 Å². The Morgan fingerprint density at radius 2 is 2.46 bits per heavy atom. The first-order valence-corrected chi connectivity index (χ1v) is 6.05. The Labute approximate surface area is 86.0 Å². The largest absolute Gasteiger partial charge is 0.478 e. The van der Waals surface area contributed by atoms with Crippen LogP contribution in [0.25, 0.3) is 0 Å². The molecule has 0 spiro atoms. The highest BCUT2D eigenvalue weighted by Gasteiger charge is 2.10. The molecule has 0 radical (unpaired) electrons. The van der Waals surface area contributed by atoms with E-state index in [2.05, 4.69) is 6.92 Å². The second-order valence-corrected chi connectivity index (χ2v) is 4.91. The van der Waals surface area contributed by atoms with Gasteiger partial charge in [-0.15, -0.1) is 23.1 Å². The molecule has 0 aliphatic carbocycles. The van der Waals surface area contributed by atoms with Crippen molar-refractivity contribution in [3.05, 3.63) is 17.0 Å². The SMILES string of the molecule is CCCCSc1sccc1C(=O)O. The van der Waals surface area contributed by atoms with Crippen LogP contribution in [-0.4, -0.2) is 16.8 Å². The Bertz CT molecular complexity index is 281. The van der Waals surface area contributed by atoms with Gasteiger partial charge in [0.05, 0.1) is 9.77 Å². The predicted octanol–water partition coefficient (Wildman–Crippen LogP) is 3.34. The maximum atomic E-state index is 10.7. The average molecular weight is 216 g/mol. The van der Waals surface area contributed by atoms with Crippen LogP contribution < -0.4 is 0 Å². The maximum absolute atomic E-state index is 10.7. The van der Waals surface area contributed by atoms with Crippen molar-refractivity contribution < 1.29 is 9.90 Å². The summed E-state index contributed by atoms with van der Waals surface area (Å²) in [5.74, 6) is 0.192. The molecular formula is C9H12O2S2. The fourth-order valence-corrected chi connectivity index (χ4v) is 3.10. The number of carboxylic acids is 1. The molecule has 0 aliphatic heterocycles. The summed E-state index contributed by atoms with van der Waals surface area (Å²) >= 11 is 3.15. The first-order chi connectivity index (χ1) is 6.25. The second-order valence-electron chi connectivity index (χ2n) is 2.63. The normalized spacial score (nSPS) is 10.2. The number of carboxylic acid groups (broad SMARTS) is 1. The van der Waals surface area contributed by atoms with Crippen LogP contribution in [0.1, 0.15) is 30.1 Å². The molecule has 4 heteroatoms. The van der Waals surface area contributed by atoms with Gasteiger partial charge in [-0.05, 0) is 23.6 Å². The third kappa shape index (κ3) is 3.04. The molecule has 0 aliphatic rings. The number of thioether (sulfide) groups is 1. The first kappa shape index (κ1) is 10.6. The van der Waals surface area contributed by atoms with Gasteiger partial charge in [0, 0.05) is 0 Å². The predicted molar refractivity (Wildman–Crippen MR) is 56.9 cm³/mol. The molecule has 1 aromatic rings. The molecule has 0 aromatic carbocycles. The topological polar surface area (TPSA) is 37.3 Å². The molecule has 0 saturated carbocycles. The van der Waals surface area contributed by atoms with E-state index in [-0.39, 0.29) is 0 Å². The van der Waals surface area contributed by atoms with Crippen LogP contribution in [0.2, 0.25) is 0 Å². The Hall–Kier alpha value is -0.480. The summed E-state index contributed by atoms with van der Waals surface area (Å²) in [6.45, 7) is 2.13. The summed E-state index contributed by atoms with van der Waals surface area (Å²) in [5.41, 5.74) is 0.450. The van der Waals surface area contributed by atoms with Crippen LogP contribution in [-0.2, 0) is 0 Å². The van der Waals surface area contributed by atoms with E-state index >= 15 is 0 Å². The molecular weight excluding hydrogens is 204 g/mol. The van der Waals surface area contributed by atoms with E-state index in [1.54, 1.807) is 17.8 Å². The third-order valence-electron chi connectivity index (χ3n) is 1.59. The van der Waals surface area contributed by atoms with Gasteiger partial charge in [-0.1, -0.05) is 13.3 Å². The lowest BCUT2D eigenvalue weighted by Crippen LogP contribution is -1.94. The molecule has 0 atom stereocenters. The van der Waals surface area contributed by atoms with Crippen molar-refractivity contribution in [2.45, 2.75) is 24.0 Å². The highest BCUT2D eigenvalue weighted by atomic mass is 32.2. The molecule has 13 heavy (non-hydrogen) atoms. The van der Waals surface area contributed by atoms with Crippen molar-refractivity contribution in [3.63, 3.8) is 0 Å². The van der Waals surface area contributed by atoms with Crippen molar-refractivity contribution in [2.24, 2.45) is 0 Å². The lowest BCUT2D eigenvalue weighted by molar-refractivity contribution is 0.0694. The van der Waals surface area contributed by atoms with E-state index in [9.17, 15) is 4.79 Å². The number of hydrogen-bond donors (Lipinski definition) is 1. The van der Waals surface area contributed by atoms with Gasteiger partial charge in [0.15, 0.2) is 0 Å². The van der Waals surface area contributed by atoms with Crippen LogP contribution in [0, 0.1) is 0 Å². The van der Waals surface area contributed by atoms with Crippen LogP contribution >= 0.6 is 23.1 Å². The van der Waals surface area contributed by atoms with Gasteiger partial charge in [-0.3, -0.25) is 0 Å². The quantitative estimate of drug-likeness (QED) is 0.606. The Morgan fingerprint density at radius 1 is 1.69 bits per heavy atom. The molecule has 2 nitrogen and oxygen atoms in total. The first-order valence-electron chi connectivity index (χ1n) is 4.19. The third-order valence-corrected chi connectivity index (χ3v) is 3.91. The Balaban J connectivity index is 2.55. The van der Waals surface area contributed by atoms with Crippen molar-refractivity contribution in [1.82, 2.24) is 0 Å². The minimum absolute atomic E-state index is 0.450. The fraction of sp³-hybridized carbons (Fsp3) is 0.444. The van der Waals surface area contributed by atoms with Crippen LogP contribution in [0.4, 0.5) is 0 Å². The van der Waals surface area contributed by atoms with E-state index in [1.807, 2.05) is 5.38 Å². The lowest BCUT2D eigenvalue weighted by atomic mass is 10.4. The molecule has 0 fully saturated rings. The van der Waals surface area contributed by atoms with Gasteiger partial charge in [0.25, 0.3) is 0 Å². The van der Waals surface area contributed by atoms with Gasteiger partial charge in [0.1, 0.15) is 0 Å². The molecule has 72 valence electrons. The summed E-state index contributed by atoms with van der Waals surface area (Å²) in [7, 11) is 0. The highest BCUT2D eigenvalue weighted by molar-refractivity contribution is 8.01. The van der Waals surface area contributed by atoms with Gasteiger partial charge in [-0.25, -0.2) is 4.79 Å². The Kier molecular flexibility index (Phi) is 4.32. The zero-order chi connectivity index (χ0) is 9.68. The van der Waals surface area contributed by atoms with Crippen LogP contribution in [0.15, 0.2) is 15.7 Å². The molecule has 1 rings (SSSR count). The smallest absolute Gasteiger partial charge is 0.337 e. The molecule has 1 heterocycles. The maximum Gasteiger partial charge on any atom is 0.337 e. The number of aromatic carboxylic acids is 1. The fourth-order valence-electron chi connectivity index (χ4n) is 0.875. The molecule has 0 saturated heterocycles. The van der Waals surface area contributed by atoms with E-state index in [0.717, 1.165) is 22.8 Å². The van der Waals surface area contributed by atoms with Crippen molar-refractivity contribution in [1.29, 1.82) is 0 Å². The van der Waals surface area contributed by atoms with Crippen molar-refractivity contribution in [2.75, 3.05) is 5.75 Å². The number of rotatable bonds is 5. The number of unbranched alkanes of at least 4 members (excludes halogenated alkanes) is 1. The average Bonchev–Trinajstić information content (AvgIpc) is 2.53. The van der Waals surface area contributed by atoms with Gasteiger partial charge >= 0.3 is 5.97 Å². The molecule has 0 amide bonds. The van der Waals surface area contributed by atoms with Gasteiger partial charge in [0.2, 0.25) is 0 Å². The minimum atomic E-state index is -0.819. The summed E-state index contributed by atoms with van der Waals surface area (Å²) in [4.78, 5) is 10.7. The molecule has 0 unspecified atom stereocenters. The molecule has 1 N–H and O–H groups in total. The van der Waals surface area contributed by atoms with E-state index in [4.69, 9.17) is 5.11 Å². The zero-order valence-electron chi connectivity index (χ0n) is 7.45. The number of thiophene rings is 1. The number of hydrogen-bond acceptors (Lipinski definition) is 3. The lowest BCUT2D eigenvalue weighted by Gasteiger charge is -1.98. The highest BCUT2D eigenvalue weighted by Crippen LogP contribution is 2.29. The standard InChI is InChI=1S/C9H12O2S2/c1-2-3-5-12-9-7(8(10)11)4-6-13-9/h4,6H,2-3,5H2,1H3,(H,10,11).